The van der Waals surface area contributed by atoms with Crippen LogP contribution in [-0.2, 0) is 133 Å². The number of hydrogen-bond acceptors (Lipinski definition) is 0. The Morgan fingerprint density at radius 2 is 0.263 bits per heavy atom. The minimum atomic E-state index is 0. The average Bonchev–Trinajstić information content (AvgIpc) is 0. The van der Waals surface area contributed by atoms with Crippen LogP contribution >= 0.6 is 0 Å². The molecule has 0 aliphatic rings. The van der Waals surface area contributed by atoms with Gasteiger partial charge in [-0.15, -0.1) is 0 Å². The molecule has 0 aliphatic carbocycles. The normalized spacial score (nSPS) is 0. The molecule has 0 aromatic heterocycles. The molecule has 0 N–H and O–H groups in total. The van der Waals surface area contributed by atoms with Gasteiger partial charge in [0, 0.05) is 0 Å². The summed E-state index contributed by atoms with van der Waals surface area (Å²) < 4.78 is 0. The standard InChI is InChI=1S/2Cu.2In.11O.2Sn.2Zn/q2*+2;2*+3;11*-2;2*+4;2*+2. The molecule has 19 heteroatoms. The van der Waals surface area contributed by atoms with Crippen LogP contribution in [0.3, 0.4) is 0 Å². The zero-order valence-corrected chi connectivity index (χ0v) is 28.8. The second kappa shape index (κ2) is 425. The molecule has 0 atom stereocenters. The van der Waals surface area contributed by atoms with Crippen molar-refractivity contribution in [2.75, 3.05) is 0 Å². The summed E-state index contributed by atoms with van der Waals surface area (Å²) >= 11 is 0. The van der Waals surface area contributed by atoms with E-state index in [1.165, 1.54) is 0 Å². The van der Waals surface area contributed by atoms with Crippen LogP contribution in [0.15, 0.2) is 0 Å². The molecule has 0 fully saturated rings. The first kappa shape index (κ1) is 484. The van der Waals surface area contributed by atoms with Crippen LogP contribution in [0.5, 0.6) is 0 Å². The van der Waals surface area contributed by atoms with Gasteiger partial charge < -0.3 is 60.2 Å². The molecule has 0 saturated heterocycles. The van der Waals surface area contributed by atoms with Gasteiger partial charge in [-0.05, 0) is 0 Å². The van der Waals surface area contributed by atoms with E-state index in [2.05, 4.69) is 0 Å². The summed E-state index contributed by atoms with van der Waals surface area (Å²) in [7, 11) is 0. The van der Waals surface area contributed by atoms with Crippen LogP contribution in [0, 0.1) is 0 Å². The smallest absolute Gasteiger partial charge is 2.00 e. The van der Waals surface area contributed by atoms with Crippen LogP contribution < -0.4 is 0 Å². The first-order valence-electron chi connectivity index (χ1n) is 0. The predicted octanol–water partition coefficient (Wildman–Crippen LogP) is -2.84. The second-order valence-electron chi connectivity index (χ2n) is 0. The average molecular weight is 901 g/mol. The van der Waals surface area contributed by atoms with Crippen molar-refractivity contribution in [2.24, 2.45) is 0 Å². The quantitative estimate of drug-likeness (QED) is 0.222. The number of hydrogen-bond donors (Lipinski definition) is 0. The van der Waals surface area contributed by atoms with Crippen LogP contribution in [0.25, 0.3) is 0 Å². The van der Waals surface area contributed by atoms with Crippen molar-refractivity contribution in [3.63, 3.8) is 0 Å². The predicted molar refractivity (Wildman–Crippen MR) is 30.6 cm³/mol. The summed E-state index contributed by atoms with van der Waals surface area (Å²) in [5.74, 6) is 0. The summed E-state index contributed by atoms with van der Waals surface area (Å²) in [6, 6.07) is 0. The fraction of sp³-hybridized carbons (Fsp3) is 0. The summed E-state index contributed by atoms with van der Waals surface area (Å²) in [6.45, 7) is 0. The first-order chi connectivity index (χ1) is 0. The number of rotatable bonds is 0. The molecule has 0 saturated carbocycles. The van der Waals surface area contributed by atoms with Crippen molar-refractivity contribution in [2.45, 2.75) is 0 Å². The van der Waals surface area contributed by atoms with E-state index in [1.54, 1.807) is 0 Å². The minimum Gasteiger partial charge on any atom is -2.00 e. The minimum absolute atomic E-state index is 0. The largest absolute Gasteiger partial charge is 4.00 e. The maximum atomic E-state index is 0. The Balaban J connectivity index is 0. The third kappa shape index (κ3) is 387. The Kier molecular flexibility index (Phi) is 10800. The molecule has 0 heterocycles. The molecule has 106 valence electrons. The van der Waals surface area contributed by atoms with Gasteiger partial charge in [0.2, 0.25) is 0 Å². The second-order valence-corrected chi connectivity index (χ2v) is 0. The van der Waals surface area contributed by atoms with E-state index in [-0.39, 0.29) is 233 Å². The summed E-state index contributed by atoms with van der Waals surface area (Å²) in [5.41, 5.74) is 0. The molecule has 0 spiro atoms. The van der Waals surface area contributed by atoms with Crippen LogP contribution in [0.4, 0.5) is 0 Å². The van der Waals surface area contributed by atoms with Gasteiger partial charge in [0.25, 0.3) is 0 Å². The van der Waals surface area contributed by atoms with E-state index in [0.717, 1.165) is 0 Å². The van der Waals surface area contributed by atoms with Crippen molar-refractivity contribution < 1.29 is 133 Å². The van der Waals surface area contributed by atoms with Crippen LogP contribution in [0.2, 0.25) is 0 Å². The maximum absolute atomic E-state index is 0. The van der Waals surface area contributed by atoms with Gasteiger partial charge in [-0.2, -0.15) is 0 Å². The third-order valence-corrected chi connectivity index (χ3v) is 0. The maximum Gasteiger partial charge on any atom is 4.00 e. The van der Waals surface area contributed by atoms with Crippen molar-refractivity contribution in [3.8, 4) is 0 Å². The Morgan fingerprint density at radius 1 is 0.263 bits per heavy atom. The molecular formula is Cu2In2O11Sn2Zn2. The third-order valence-electron chi connectivity index (χ3n) is 0. The van der Waals surface area contributed by atoms with Crippen molar-refractivity contribution in [1.29, 1.82) is 0 Å². The molecule has 0 unspecified atom stereocenters. The van der Waals surface area contributed by atoms with Gasteiger partial charge in [0.05, 0.1) is 0 Å². The Morgan fingerprint density at radius 3 is 0.263 bits per heavy atom. The SMILES string of the molecule is [Cu+2].[Cu+2].[In+3].[In+3].[O-2].[O-2].[O-2].[O-2].[O-2].[O-2].[O-2].[O-2].[O-2].[O-2].[O-2].[Sn+4].[Sn+4].[Zn+2].[Zn+2]. The van der Waals surface area contributed by atoms with E-state index in [1.807, 2.05) is 0 Å². The zero-order valence-electron chi connectivity index (χ0n) is 8.66. The summed E-state index contributed by atoms with van der Waals surface area (Å²) in [5, 5.41) is 0. The molecular weight excluding hydrogens is 901 g/mol. The van der Waals surface area contributed by atoms with E-state index >= 15 is 0 Å². The fourth-order valence-electron chi connectivity index (χ4n) is 0. The molecule has 11 nitrogen and oxygen atoms in total. The van der Waals surface area contributed by atoms with E-state index in [0.29, 0.717) is 0 Å². The van der Waals surface area contributed by atoms with Gasteiger partial charge in [-0.25, -0.2) is 0 Å². The first-order valence-corrected chi connectivity index (χ1v) is 0. The molecule has 0 bridgehead atoms. The zero-order chi connectivity index (χ0) is 0. The molecule has 0 aliphatic heterocycles. The van der Waals surface area contributed by atoms with E-state index < -0.39 is 0 Å². The van der Waals surface area contributed by atoms with E-state index in [9.17, 15) is 0 Å². The van der Waals surface area contributed by atoms with Gasteiger partial charge in [-0.3, -0.25) is 0 Å². The van der Waals surface area contributed by atoms with E-state index in [4.69, 9.17) is 0 Å². The Labute approximate surface area is 229 Å². The summed E-state index contributed by atoms with van der Waals surface area (Å²) in [4.78, 5) is 0. The fourth-order valence-corrected chi connectivity index (χ4v) is 0. The van der Waals surface area contributed by atoms with Crippen LogP contribution in [-0.4, -0.2) is 99.5 Å². The monoisotopic (exact) mass is 899 g/mol. The van der Waals surface area contributed by atoms with Gasteiger partial charge >= 0.3 is 173 Å². The molecule has 0 rings (SSSR count). The molecule has 0 amide bonds. The molecule has 0 aromatic carbocycles. The van der Waals surface area contributed by atoms with Gasteiger partial charge in [-0.1, -0.05) is 0 Å². The summed E-state index contributed by atoms with van der Waals surface area (Å²) in [6.07, 6.45) is 0. The molecule has 0 aromatic rings. The van der Waals surface area contributed by atoms with Gasteiger partial charge in [0.1, 0.15) is 0 Å². The van der Waals surface area contributed by atoms with Crippen molar-refractivity contribution in [1.82, 2.24) is 0 Å². The Hall–Kier alpha value is 5.18. The molecule has 19 heavy (non-hydrogen) atoms. The Bertz CT molecular complexity index is 34.7. The topological polar surface area (TPSA) is 314 Å². The van der Waals surface area contributed by atoms with Crippen molar-refractivity contribution >= 4 is 99.5 Å². The van der Waals surface area contributed by atoms with Crippen LogP contribution in [0.1, 0.15) is 0 Å². The molecule has 2 radical (unpaired) electrons. The van der Waals surface area contributed by atoms with Gasteiger partial charge in [0.15, 0.2) is 0 Å². The van der Waals surface area contributed by atoms with Crippen molar-refractivity contribution in [3.05, 3.63) is 0 Å².